The van der Waals surface area contributed by atoms with E-state index in [0.717, 1.165) is 5.41 Å². The first-order valence-corrected chi connectivity index (χ1v) is 7.54. The van der Waals surface area contributed by atoms with Gasteiger partial charge in [0.1, 0.15) is 11.4 Å². The van der Waals surface area contributed by atoms with Crippen LogP contribution in [0.25, 0.3) is 6.08 Å². The number of sulfone groups is 1. The van der Waals surface area contributed by atoms with Gasteiger partial charge in [0.25, 0.3) is 0 Å². The summed E-state index contributed by atoms with van der Waals surface area (Å²) in [6, 6.07) is 6.53. The number of rotatable bonds is 5. The number of methoxy groups -OCH3 is 2. The number of hydrogen-bond acceptors (Lipinski definition) is 6. The Balaban J connectivity index is 2.39. The van der Waals surface area contributed by atoms with Gasteiger partial charge in [0, 0.05) is 17.8 Å². The molecule has 0 radical (unpaired) electrons. The highest BCUT2D eigenvalue weighted by molar-refractivity contribution is 7.94. The molecule has 2 rings (SSSR count). The highest BCUT2D eigenvalue weighted by Gasteiger charge is 2.18. The smallest absolute Gasteiger partial charge is 0.220 e. The molecule has 0 atom stereocenters. The highest BCUT2D eigenvalue weighted by Crippen LogP contribution is 2.23. The fourth-order valence-electron chi connectivity index (χ4n) is 1.66. The molecule has 2 aromatic heterocycles. The maximum atomic E-state index is 12.3. The normalized spacial score (nSPS) is 11.5. The number of aromatic nitrogens is 2. The molecule has 2 heterocycles. The molecule has 0 saturated heterocycles. The average Bonchev–Trinajstić information content (AvgIpc) is 2.53. The topological polar surface area (TPSA) is 78.4 Å². The molecule has 110 valence electrons. The predicted molar refractivity (Wildman–Crippen MR) is 77.8 cm³/mol. The molecule has 0 amide bonds. The van der Waals surface area contributed by atoms with E-state index in [1.54, 1.807) is 24.4 Å². The van der Waals surface area contributed by atoms with Crippen molar-refractivity contribution in [1.82, 2.24) is 9.97 Å². The van der Waals surface area contributed by atoms with E-state index in [2.05, 4.69) is 9.97 Å². The number of hydrogen-bond donors (Lipinski definition) is 0. The lowest BCUT2D eigenvalue weighted by molar-refractivity contribution is 0.398. The Morgan fingerprint density at radius 1 is 1.00 bits per heavy atom. The van der Waals surface area contributed by atoms with Gasteiger partial charge in [0.05, 0.1) is 14.2 Å². The maximum Gasteiger partial charge on any atom is 0.220 e. The monoisotopic (exact) mass is 306 g/mol. The van der Waals surface area contributed by atoms with Gasteiger partial charge >= 0.3 is 0 Å². The van der Waals surface area contributed by atoms with Crippen LogP contribution in [0.2, 0.25) is 0 Å². The first kappa shape index (κ1) is 15.0. The molecule has 21 heavy (non-hydrogen) atoms. The molecule has 0 aliphatic heterocycles. The van der Waals surface area contributed by atoms with Crippen molar-refractivity contribution in [3.05, 3.63) is 47.8 Å². The van der Waals surface area contributed by atoms with Gasteiger partial charge in [-0.15, -0.1) is 0 Å². The van der Waals surface area contributed by atoms with Crippen molar-refractivity contribution in [1.29, 1.82) is 0 Å². The van der Waals surface area contributed by atoms with Crippen molar-refractivity contribution < 1.29 is 17.9 Å². The summed E-state index contributed by atoms with van der Waals surface area (Å²) in [6.45, 7) is 0. The van der Waals surface area contributed by atoms with Crippen molar-refractivity contribution in [2.75, 3.05) is 14.2 Å². The van der Waals surface area contributed by atoms with E-state index in [9.17, 15) is 8.42 Å². The van der Waals surface area contributed by atoms with Gasteiger partial charge in [0.15, 0.2) is 5.75 Å². The lowest BCUT2D eigenvalue weighted by Gasteiger charge is -2.05. The molecule has 0 aliphatic carbocycles. The van der Waals surface area contributed by atoms with Crippen LogP contribution in [0.15, 0.2) is 47.1 Å². The third-order valence-electron chi connectivity index (χ3n) is 2.65. The molecular weight excluding hydrogens is 292 g/mol. The van der Waals surface area contributed by atoms with Crippen LogP contribution in [0, 0.1) is 0 Å². The van der Waals surface area contributed by atoms with Gasteiger partial charge in [-0.1, -0.05) is 0 Å². The molecule has 6 nitrogen and oxygen atoms in total. The first-order valence-electron chi connectivity index (χ1n) is 5.99. The van der Waals surface area contributed by atoms with Crippen molar-refractivity contribution in [2.24, 2.45) is 0 Å². The molecule has 2 aromatic rings. The van der Waals surface area contributed by atoms with Crippen LogP contribution < -0.4 is 9.47 Å². The molecule has 0 unspecified atom stereocenters. The zero-order valence-electron chi connectivity index (χ0n) is 11.6. The van der Waals surface area contributed by atoms with Crippen LogP contribution in [-0.4, -0.2) is 32.6 Å². The third kappa shape index (κ3) is 3.38. The van der Waals surface area contributed by atoms with Crippen LogP contribution in [-0.2, 0) is 9.84 Å². The van der Waals surface area contributed by atoms with Crippen molar-refractivity contribution >= 4 is 15.9 Å². The van der Waals surface area contributed by atoms with Gasteiger partial charge in [-0.05, 0) is 30.3 Å². The largest absolute Gasteiger partial charge is 0.494 e. The van der Waals surface area contributed by atoms with Crippen LogP contribution in [0.5, 0.6) is 11.5 Å². The SMILES string of the molecule is COc1cccnc1/C=C/S(=O)(=O)c1ncccc1OC. The second-order valence-electron chi connectivity index (χ2n) is 3.95. The molecular formula is C14H14N2O4S. The Hall–Kier alpha value is -2.41. The number of nitrogens with zero attached hydrogens (tertiary/aromatic N) is 2. The Kier molecular flexibility index (Phi) is 4.54. The van der Waals surface area contributed by atoms with Crippen LogP contribution >= 0.6 is 0 Å². The summed E-state index contributed by atoms with van der Waals surface area (Å²) in [6.07, 6.45) is 4.31. The van der Waals surface area contributed by atoms with Gasteiger partial charge in [-0.25, -0.2) is 13.4 Å². The molecule has 0 N–H and O–H groups in total. The van der Waals surface area contributed by atoms with Crippen molar-refractivity contribution in [3.8, 4) is 11.5 Å². The second kappa shape index (κ2) is 6.36. The second-order valence-corrected chi connectivity index (χ2v) is 5.70. The molecule has 0 spiro atoms. The van der Waals surface area contributed by atoms with E-state index in [1.165, 1.54) is 32.6 Å². The summed E-state index contributed by atoms with van der Waals surface area (Å²) >= 11 is 0. The Labute approximate surface area is 123 Å². The standard InChI is InChI=1S/C14H14N2O4S/c1-19-12-5-3-8-15-11(12)7-10-21(17,18)14-13(20-2)6-4-9-16-14/h3-10H,1-2H3/b10-7+. The molecule has 0 saturated carbocycles. The fourth-order valence-corrected chi connectivity index (χ4v) is 2.74. The Morgan fingerprint density at radius 2 is 1.62 bits per heavy atom. The van der Waals surface area contributed by atoms with Gasteiger partial charge < -0.3 is 9.47 Å². The summed E-state index contributed by atoms with van der Waals surface area (Å²) in [5, 5.41) is 0.890. The summed E-state index contributed by atoms with van der Waals surface area (Å²) in [5.41, 5.74) is 0.415. The van der Waals surface area contributed by atoms with E-state index in [0.29, 0.717) is 11.4 Å². The Bertz CT molecular complexity index is 757. The zero-order valence-corrected chi connectivity index (χ0v) is 12.4. The van der Waals surface area contributed by atoms with Crippen LogP contribution in [0.3, 0.4) is 0 Å². The highest BCUT2D eigenvalue weighted by atomic mass is 32.2. The Morgan fingerprint density at radius 3 is 2.29 bits per heavy atom. The van der Waals surface area contributed by atoms with Crippen LogP contribution in [0.4, 0.5) is 0 Å². The molecule has 0 bridgehead atoms. The van der Waals surface area contributed by atoms with Gasteiger partial charge in [-0.2, -0.15) is 0 Å². The lowest BCUT2D eigenvalue weighted by atomic mass is 10.3. The van der Waals surface area contributed by atoms with E-state index in [4.69, 9.17) is 9.47 Å². The number of ether oxygens (including phenoxy) is 2. The quantitative estimate of drug-likeness (QED) is 0.840. The molecule has 7 heteroatoms. The minimum Gasteiger partial charge on any atom is -0.494 e. The van der Waals surface area contributed by atoms with Crippen molar-refractivity contribution in [2.45, 2.75) is 5.03 Å². The van der Waals surface area contributed by atoms with Gasteiger partial charge in [-0.3, -0.25) is 4.98 Å². The summed E-state index contributed by atoms with van der Waals surface area (Å²) in [4.78, 5) is 7.92. The predicted octanol–water partition coefficient (Wildman–Crippen LogP) is 1.94. The lowest BCUT2D eigenvalue weighted by Crippen LogP contribution is -2.02. The van der Waals surface area contributed by atoms with E-state index in [-0.39, 0.29) is 10.8 Å². The molecule has 0 aliphatic rings. The third-order valence-corrected chi connectivity index (χ3v) is 3.99. The summed E-state index contributed by atoms with van der Waals surface area (Å²) in [5.74, 6) is 0.673. The van der Waals surface area contributed by atoms with E-state index in [1.807, 2.05) is 0 Å². The molecule has 0 fully saturated rings. The van der Waals surface area contributed by atoms with E-state index >= 15 is 0 Å². The minimum absolute atomic E-state index is 0.140. The van der Waals surface area contributed by atoms with Crippen molar-refractivity contribution in [3.63, 3.8) is 0 Å². The fraction of sp³-hybridized carbons (Fsp3) is 0.143. The maximum absolute atomic E-state index is 12.3. The van der Waals surface area contributed by atoms with Gasteiger partial charge in [0.2, 0.25) is 14.9 Å². The first-order chi connectivity index (χ1) is 10.1. The van der Waals surface area contributed by atoms with E-state index < -0.39 is 9.84 Å². The zero-order chi connectivity index (χ0) is 15.3. The minimum atomic E-state index is -3.74. The summed E-state index contributed by atoms with van der Waals surface area (Å²) < 4.78 is 34.7. The molecule has 0 aromatic carbocycles. The number of pyridine rings is 2. The average molecular weight is 306 g/mol. The van der Waals surface area contributed by atoms with Crippen LogP contribution in [0.1, 0.15) is 5.69 Å². The summed E-state index contributed by atoms with van der Waals surface area (Å²) in [7, 11) is -0.857.